The van der Waals surface area contributed by atoms with Gasteiger partial charge in [-0.05, 0) is 48.5 Å². The molecule has 0 aromatic heterocycles. The molecule has 0 saturated carbocycles. The lowest BCUT2D eigenvalue weighted by molar-refractivity contribution is -0.120. The third-order valence-corrected chi connectivity index (χ3v) is 5.47. The van der Waals surface area contributed by atoms with E-state index in [-0.39, 0.29) is 17.5 Å². The minimum Gasteiger partial charge on any atom is -0.497 e. The van der Waals surface area contributed by atoms with Crippen LogP contribution in [0, 0.1) is 0 Å². The maximum Gasteiger partial charge on any atom is 0.283 e. The second-order valence-electron chi connectivity index (χ2n) is 6.25. The smallest absolute Gasteiger partial charge is 0.283 e. The van der Waals surface area contributed by atoms with Gasteiger partial charge in [0.25, 0.3) is 11.8 Å². The Balaban J connectivity index is 1.72. The first-order valence-electron chi connectivity index (χ1n) is 8.99. The molecule has 4 rings (SSSR count). The summed E-state index contributed by atoms with van der Waals surface area (Å²) in [6, 6.07) is 25.7. The van der Waals surface area contributed by atoms with Gasteiger partial charge in [-0.2, -0.15) is 0 Å². The zero-order chi connectivity index (χ0) is 20.2. The highest BCUT2D eigenvalue weighted by atomic mass is 32.2. The molecule has 2 amide bonds. The molecule has 1 aliphatic heterocycles. The molecule has 144 valence electrons. The molecule has 0 spiro atoms. The number of imide groups is 1. The monoisotopic (exact) mass is 402 g/mol. The minimum absolute atomic E-state index is 0.269. The van der Waals surface area contributed by atoms with Crippen molar-refractivity contribution in [2.24, 2.45) is 0 Å². The summed E-state index contributed by atoms with van der Waals surface area (Å²) in [5.41, 5.74) is 1.51. The largest absolute Gasteiger partial charge is 0.497 e. The number of thioether (sulfide) groups is 1. The van der Waals surface area contributed by atoms with Crippen molar-refractivity contribution >= 4 is 35.0 Å². The van der Waals surface area contributed by atoms with Crippen LogP contribution in [0.15, 0.2) is 100 Å². The molecule has 0 radical (unpaired) electrons. The van der Waals surface area contributed by atoms with Crippen molar-refractivity contribution in [3.8, 4) is 5.75 Å². The van der Waals surface area contributed by atoms with Crippen molar-refractivity contribution < 1.29 is 14.3 Å². The molecular formula is C23H18N2O3S. The van der Waals surface area contributed by atoms with Gasteiger partial charge in [0.2, 0.25) is 0 Å². The Kier molecular flexibility index (Phi) is 5.35. The first-order chi connectivity index (χ1) is 14.2. The Morgan fingerprint density at radius 2 is 1.41 bits per heavy atom. The number of benzene rings is 3. The van der Waals surface area contributed by atoms with E-state index in [1.807, 2.05) is 60.7 Å². The van der Waals surface area contributed by atoms with Crippen LogP contribution in [0.2, 0.25) is 0 Å². The summed E-state index contributed by atoms with van der Waals surface area (Å²) >= 11 is 1.28. The summed E-state index contributed by atoms with van der Waals surface area (Å²) in [5.74, 6) is -0.0859. The molecule has 5 nitrogen and oxygen atoms in total. The van der Waals surface area contributed by atoms with Crippen molar-refractivity contribution in [3.63, 3.8) is 0 Å². The molecule has 0 unspecified atom stereocenters. The van der Waals surface area contributed by atoms with Gasteiger partial charge < -0.3 is 10.1 Å². The van der Waals surface area contributed by atoms with Crippen LogP contribution in [-0.2, 0) is 9.59 Å². The highest BCUT2D eigenvalue weighted by molar-refractivity contribution is 8.04. The van der Waals surface area contributed by atoms with Crippen LogP contribution < -0.4 is 15.0 Å². The predicted molar refractivity (Wildman–Crippen MR) is 115 cm³/mol. The van der Waals surface area contributed by atoms with E-state index in [9.17, 15) is 9.59 Å². The number of nitrogens with zero attached hydrogens (tertiary/aromatic N) is 1. The normalized spacial score (nSPS) is 13.8. The summed E-state index contributed by atoms with van der Waals surface area (Å²) in [7, 11) is 1.57. The highest BCUT2D eigenvalue weighted by Crippen LogP contribution is 2.38. The number of methoxy groups -OCH3 is 1. The molecule has 1 heterocycles. The summed E-state index contributed by atoms with van der Waals surface area (Å²) in [6.07, 6.45) is 0. The number of para-hydroxylation sites is 1. The van der Waals surface area contributed by atoms with E-state index in [1.165, 1.54) is 16.7 Å². The zero-order valence-electron chi connectivity index (χ0n) is 15.7. The lowest BCUT2D eigenvalue weighted by Gasteiger charge is -2.15. The number of nitrogens with one attached hydrogen (secondary N) is 1. The van der Waals surface area contributed by atoms with Crippen molar-refractivity contribution in [2.75, 3.05) is 17.3 Å². The molecule has 29 heavy (non-hydrogen) atoms. The molecule has 1 N–H and O–H groups in total. The summed E-state index contributed by atoms with van der Waals surface area (Å²) in [6.45, 7) is 0. The molecule has 0 atom stereocenters. The molecule has 0 bridgehead atoms. The van der Waals surface area contributed by atoms with Crippen molar-refractivity contribution in [1.82, 2.24) is 0 Å². The van der Waals surface area contributed by atoms with Gasteiger partial charge in [0.1, 0.15) is 16.4 Å². The van der Waals surface area contributed by atoms with Crippen LogP contribution in [0.5, 0.6) is 5.75 Å². The van der Waals surface area contributed by atoms with Gasteiger partial charge >= 0.3 is 0 Å². The molecule has 3 aromatic rings. The molecule has 0 fully saturated rings. The lowest BCUT2D eigenvalue weighted by Crippen LogP contribution is -2.32. The Morgan fingerprint density at radius 1 is 0.793 bits per heavy atom. The fourth-order valence-corrected chi connectivity index (χ4v) is 3.90. The maximum absolute atomic E-state index is 13.2. The van der Waals surface area contributed by atoms with Gasteiger partial charge in [-0.3, -0.25) is 9.59 Å². The topological polar surface area (TPSA) is 58.6 Å². The number of ether oxygens (including phenoxy) is 1. The third-order valence-electron chi connectivity index (χ3n) is 4.38. The van der Waals surface area contributed by atoms with E-state index in [0.29, 0.717) is 16.3 Å². The second-order valence-corrected chi connectivity index (χ2v) is 7.34. The van der Waals surface area contributed by atoms with Gasteiger partial charge in [0, 0.05) is 10.6 Å². The van der Waals surface area contributed by atoms with E-state index in [4.69, 9.17) is 4.74 Å². The fraction of sp³-hybridized carbons (Fsp3) is 0.0435. The van der Waals surface area contributed by atoms with Crippen LogP contribution >= 0.6 is 11.8 Å². The van der Waals surface area contributed by atoms with Gasteiger partial charge in [0.15, 0.2) is 0 Å². The standard InChI is InChI=1S/C23H18N2O3S/c1-28-18-14-12-17(13-15-18)25-22(26)20(24-16-8-4-2-5-9-16)21(23(25)27)29-19-10-6-3-7-11-19/h2-15,24H,1H3. The summed E-state index contributed by atoms with van der Waals surface area (Å²) in [5, 5.41) is 3.14. The Hall–Kier alpha value is -3.51. The summed E-state index contributed by atoms with van der Waals surface area (Å²) < 4.78 is 5.17. The first-order valence-corrected chi connectivity index (χ1v) is 9.81. The molecule has 0 saturated heterocycles. The summed E-state index contributed by atoms with van der Waals surface area (Å²) in [4.78, 5) is 28.9. The number of rotatable bonds is 6. The fourth-order valence-electron chi connectivity index (χ4n) is 2.95. The molecule has 6 heteroatoms. The quantitative estimate of drug-likeness (QED) is 0.607. The highest BCUT2D eigenvalue weighted by Gasteiger charge is 2.40. The SMILES string of the molecule is COc1ccc(N2C(=O)C(Nc3ccccc3)=C(Sc3ccccc3)C2=O)cc1. The van der Waals surface area contributed by atoms with E-state index in [2.05, 4.69) is 5.32 Å². The average molecular weight is 402 g/mol. The first kappa shape index (κ1) is 18.8. The van der Waals surface area contributed by atoms with Gasteiger partial charge in [-0.1, -0.05) is 48.2 Å². The molecule has 0 aliphatic carbocycles. The van der Waals surface area contributed by atoms with Crippen molar-refractivity contribution in [2.45, 2.75) is 4.90 Å². The molecule has 1 aliphatic rings. The second kappa shape index (κ2) is 8.24. The van der Waals surface area contributed by atoms with Gasteiger partial charge in [0.05, 0.1) is 12.8 Å². The number of hydrogen-bond acceptors (Lipinski definition) is 5. The van der Waals surface area contributed by atoms with Crippen LogP contribution in [-0.4, -0.2) is 18.9 Å². The Morgan fingerprint density at radius 3 is 2.03 bits per heavy atom. The van der Waals surface area contributed by atoms with Crippen molar-refractivity contribution in [1.29, 1.82) is 0 Å². The van der Waals surface area contributed by atoms with Crippen LogP contribution in [0.4, 0.5) is 11.4 Å². The molecule has 3 aromatic carbocycles. The van der Waals surface area contributed by atoms with E-state index in [0.717, 1.165) is 10.6 Å². The van der Waals surface area contributed by atoms with Crippen molar-refractivity contribution in [3.05, 3.63) is 95.5 Å². The van der Waals surface area contributed by atoms with Gasteiger partial charge in [-0.15, -0.1) is 0 Å². The lowest BCUT2D eigenvalue weighted by atomic mass is 10.2. The Labute approximate surface area is 173 Å². The number of hydrogen-bond donors (Lipinski definition) is 1. The molecular weight excluding hydrogens is 384 g/mol. The number of anilines is 2. The van der Waals surface area contributed by atoms with Gasteiger partial charge in [-0.25, -0.2) is 4.90 Å². The number of amides is 2. The number of carbonyl (C=O) groups is 2. The van der Waals surface area contributed by atoms with E-state index in [1.54, 1.807) is 31.4 Å². The Bertz CT molecular complexity index is 1000. The van der Waals surface area contributed by atoms with E-state index < -0.39 is 0 Å². The van der Waals surface area contributed by atoms with Crippen LogP contribution in [0.3, 0.4) is 0 Å². The predicted octanol–water partition coefficient (Wildman–Crippen LogP) is 4.68. The number of carbonyl (C=O) groups excluding carboxylic acids is 2. The van der Waals surface area contributed by atoms with Crippen LogP contribution in [0.25, 0.3) is 0 Å². The van der Waals surface area contributed by atoms with Crippen LogP contribution in [0.1, 0.15) is 0 Å². The maximum atomic E-state index is 13.2. The average Bonchev–Trinajstić information content (AvgIpc) is 2.99. The third kappa shape index (κ3) is 3.88. The zero-order valence-corrected chi connectivity index (χ0v) is 16.5. The minimum atomic E-state index is -0.387. The van der Waals surface area contributed by atoms with E-state index >= 15 is 0 Å².